The number of unbranched alkanes of at least 4 members (excludes halogenated alkanes) is 1. The molecule has 3 heteroatoms. The Morgan fingerprint density at radius 1 is 1.08 bits per heavy atom. The van der Waals surface area contributed by atoms with Crippen LogP contribution in [0, 0.1) is 0 Å². The summed E-state index contributed by atoms with van der Waals surface area (Å²) in [5.74, 6) is 0.712. The van der Waals surface area contributed by atoms with Crippen molar-refractivity contribution in [3.63, 3.8) is 0 Å². The standard InChI is InChI=1S/C23H28O3/c1-5-6-7-21(25)26-18-11-8-16(9-12-18)23(4)15-22(2,3)19-13-10-17(24)14-20(19)23/h8-14,24H,5-7,15H2,1-4H3/t23-/m0/s1. The van der Waals surface area contributed by atoms with Crippen molar-refractivity contribution in [1.29, 1.82) is 0 Å². The van der Waals surface area contributed by atoms with Gasteiger partial charge in [0.1, 0.15) is 11.5 Å². The topological polar surface area (TPSA) is 46.5 Å². The van der Waals surface area contributed by atoms with Gasteiger partial charge < -0.3 is 9.84 Å². The van der Waals surface area contributed by atoms with E-state index in [4.69, 9.17) is 4.74 Å². The van der Waals surface area contributed by atoms with Crippen molar-refractivity contribution in [2.75, 3.05) is 0 Å². The molecule has 0 aromatic heterocycles. The maximum atomic E-state index is 11.8. The number of hydrogen-bond donors (Lipinski definition) is 1. The summed E-state index contributed by atoms with van der Waals surface area (Å²) >= 11 is 0. The molecule has 0 fully saturated rings. The van der Waals surface area contributed by atoms with Gasteiger partial charge in [0.05, 0.1) is 0 Å². The summed E-state index contributed by atoms with van der Waals surface area (Å²) in [5.41, 5.74) is 3.50. The summed E-state index contributed by atoms with van der Waals surface area (Å²) in [6, 6.07) is 13.5. The summed E-state index contributed by atoms with van der Waals surface area (Å²) in [7, 11) is 0. The second kappa shape index (κ2) is 6.79. The van der Waals surface area contributed by atoms with E-state index in [1.54, 1.807) is 6.07 Å². The Hall–Kier alpha value is -2.29. The van der Waals surface area contributed by atoms with Gasteiger partial charge in [0.2, 0.25) is 0 Å². The molecule has 0 heterocycles. The highest BCUT2D eigenvalue weighted by Crippen LogP contribution is 2.53. The maximum Gasteiger partial charge on any atom is 0.311 e. The zero-order valence-corrected chi connectivity index (χ0v) is 16.1. The quantitative estimate of drug-likeness (QED) is 0.573. The lowest BCUT2D eigenvalue weighted by Crippen LogP contribution is -2.23. The van der Waals surface area contributed by atoms with Crippen LogP contribution in [0.4, 0.5) is 0 Å². The van der Waals surface area contributed by atoms with E-state index in [9.17, 15) is 9.90 Å². The van der Waals surface area contributed by atoms with Crippen LogP contribution in [0.25, 0.3) is 0 Å². The van der Waals surface area contributed by atoms with Gasteiger partial charge in [-0.3, -0.25) is 4.79 Å². The number of ether oxygens (including phenoxy) is 1. The van der Waals surface area contributed by atoms with Gasteiger partial charge in [-0.25, -0.2) is 0 Å². The molecule has 1 aliphatic rings. The molecule has 0 spiro atoms. The van der Waals surface area contributed by atoms with Gasteiger partial charge in [0.25, 0.3) is 0 Å². The molecule has 0 aliphatic heterocycles. The largest absolute Gasteiger partial charge is 0.508 e. The van der Waals surface area contributed by atoms with Gasteiger partial charge in [-0.1, -0.05) is 52.3 Å². The molecule has 0 amide bonds. The molecule has 138 valence electrons. The second-order valence-electron chi connectivity index (χ2n) is 8.22. The fourth-order valence-corrected chi connectivity index (χ4v) is 4.31. The minimum Gasteiger partial charge on any atom is -0.508 e. The van der Waals surface area contributed by atoms with Crippen molar-refractivity contribution in [2.24, 2.45) is 0 Å². The van der Waals surface area contributed by atoms with Crippen LogP contribution in [0.15, 0.2) is 42.5 Å². The van der Waals surface area contributed by atoms with Crippen molar-refractivity contribution in [3.8, 4) is 11.5 Å². The van der Waals surface area contributed by atoms with Gasteiger partial charge >= 0.3 is 5.97 Å². The molecule has 0 radical (unpaired) electrons. The molecule has 1 atom stereocenters. The predicted molar refractivity (Wildman–Crippen MR) is 104 cm³/mol. The Labute approximate surface area is 156 Å². The lowest BCUT2D eigenvalue weighted by atomic mass is 9.75. The minimum absolute atomic E-state index is 0.0447. The van der Waals surface area contributed by atoms with E-state index in [2.05, 4.69) is 27.7 Å². The second-order valence-corrected chi connectivity index (χ2v) is 8.22. The van der Waals surface area contributed by atoms with Crippen LogP contribution >= 0.6 is 0 Å². The van der Waals surface area contributed by atoms with Crippen LogP contribution in [0.2, 0.25) is 0 Å². The van der Waals surface area contributed by atoms with E-state index >= 15 is 0 Å². The molecule has 0 saturated heterocycles. The van der Waals surface area contributed by atoms with Crippen molar-refractivity contribution in [3.05, 3.63) is 59.2 Å². The van der Waals surface area contributed by atoms with Crippen LogP contribution in [0.1, 0.15) is 70.1 Å². The predicted octanol–water partition coefficient (Wildman–Crippen LogP) is 5.48. The lowest BCUT2D eigenvalue weighted by molar-refractivity contribution is -0.134. The van der Waals surface area contributed by atoms with E-state index in [1.807, 2.05) is 36.4 Å². The Balaban J connectivity index is 1.88. The first-order valence-corrected chi connectivity index (χ1v) is 9.41. The summed E-state index contributed by atoms with van der Waals surface area (Å²) in [6.45, 7) is 8.78. The first kappa shape index (κ1) is 18.5. The van der Waals surface area contributed by atoms with Crippen LogP contribution in [0.5, 0.6) is 11.5 Å². The van der Waals surface area contributed by atoms with Crippen molar-refractivity contribution < 1.29 is 14.6 Å². The highest BCUT2D eigenvalue weighted by molar-refractivity contribution is 5.72. The lowest BCUT2D eigenvalue weighted by Gasteiger charge is -2.28. The number of hydrogen-bond acceptors (Lipinski definition) is 3. The number of esters is 1. The zero-order chi connectivity index (χ0) is 18.9. The highest BCUT2D eigenvalue weighted by atomic mass is 16.5. The first-order chi connectivity index (χ1) is 12.3. The normalized spacial score (nSPS) is 20.6. The van der Waals surface area contributed by atoms with Gasteiger partial charge in [-0.2, -0.15) is 0 Å². The van der Waals surface area contributed by atoms with E-state index in [0.29, 0.717) is 17.9 Å². The number of fused-ring (bicyclic) bond motifs is 1. The summed E-state index contributed by atoms with van der Waals surface area (Å²) in [4.78, 5) is 11.8. The molecule has 1 N–H and O–H groups in total. The van der Waals surface area contributed by atoms with Crippen LogP contribution in [0.3, 0.4) is 0 Å². The molecular weight excluding hydrogens is 324 g/mol. The van der Waals surface area contributed by atoms with E-state index in [-0.39, 0.29) is 16.8 Å². The number of rotatable bonds is 5. The summed E-state index contributed by atoms with van der Waals surface area (Å²) in [5, 5.41) is 10.0. The molecule has 2 aromatic rings. The average molecular weight is 352 g/mol. The van der Waals surface area contributed by atoms with E-state index in [0.717, 1.165) is 19.3 Å². The molecule has 3 rings (SSSR count). The zero-order valence-electron chi connectivity index (χ0n) is 16.1. The fourth-order valence-electron chi connectivity index (χ4n) is 4.31. The molecule has 0 unspecified atom stereocenters. The third-order valence-corrected chi connectivity index (χ3v) is 5.58. The van der Waals surface area contributed by atoms with Crippen molar-refractivity contribution >= 4 is 5.97 Å². The molecule has 2 aromatic carbocycles. The Bertz CT molecular complexity index is 805. The average Bonchev–Trinajstić information content (AvgIpc) is 2.80. The first-order valence-electron chi connectivity index (χ1n) is 9.41. The van der Waals surface area contributed by atoms with Gasteiger partial charge in [-0.15, -0.1) is 0 Å². The van der Waals surface area contributed by atoms with E-state index in [1.165, 1.54) is 16.7 Å². The number of phenols is 1. The van der Waals surface area contributed by atoms with Gasteiger partial charge in [0, 0.05) is 11.8 Å². The number of carbonyl (C=O) groups is 1. The minimum atomic E-state index is -0.178. The summed E-state index contributed by atoms with van der Waals surface area (Å²) in [6.07, 6.45) is 3.25. The fraction of sp³-hybridized carbons (Fsp3) is 0.435. The number of benzene rings is 2. The molecule has 0 bridgehead atoms. The maximum absolute atomic E-state index is 11.8. The SMILES string of the molecule is CCCCC(=O)Oc1ccc([C@]2(C)CC(C)(C)c3ccc(O)cc32)cc1. The monoisotopic (exact) mass is 352 g/mol. The Morgan fingerprint density at radius 3 is 2.42 bits per heavy atom. The third kappa shape index (κ3) is 3.35. The smallest absolute Gasteiger partial charge is 0.311 e. The number of aromatic hydroxyl groups is 1. The number of carbonyl (C=O) groups excluding carboxylic acids is 1. The Kier molecular flexibility index (Phi) is 4.83. The molecule has 1 aliphatic carbocycles. The van der Waals surface area contributed by atoms with Crippen LogP contribution in [-0.2, 0) is 15.6 Å². The van der Waals surface area contributed by atoms with Crippen molar-refractivity contribution in [2.45, 2.75) is 64.2 Å². The Morgan fingerprint density at radius 2 is 1.77 bits per heavy atom. The van der Waals surface area contributed by atoms with E-state index < -0.39 is 0 Å². The molecule has 0 saturated carbocycles. The van der Waals surface area contributed by atoms with Crippen LogP contribution in [-0.4, -0.2) is 11.1 Å². The highest BCUT2D eigenvalue weighted by Gasteiger charge is 2.45. The summed E-state index contributed by atoms with van der Waals surface area (Å²) < 4.78 is 5.42. The molecular formula is C23H28O3. The van der Waals surface area contributed by atoms with Gasteiger partial charge in [-0.05, 0) is 59.2 Å². The molecule has 26 heavy (non-hydrogen) atoms. The number of phenolic OH excluding ortho intramolecular Hbond substituents is 1. The van der Waals surface area contributed by atoms with Crippen LogP contribution < -0.4 is 4.74 Å². The van der Waals surface area contributed by atoms with Gasteiger partial charge in [0.15, 0.2) is 0 Å². The third-order valence-electron chi connectivity index (χ3n) is 5.58. The molecule has 3 nitrogen and oxygen atoms in total. The van der Waals surface area contributed by atoms with Crippen molar-refractivity contribution in [1.82, 2.24) is 0 Å².